The van der Waals surface area contributed by atoms with E-state index in [0.29, 0.717) is 24.4 Å². The molecule has 1 fully saturated rings. The van der Waals surface area contributed by atoms with Crippen LogP contribution in [0.1, 0.15) is 21.5 Å². The Hall–Kier alpha value is -5.16. The van der Waals surface area contributed by atoms with Crippen molar-refractivity contribution in [3.8, 4) is 28.1 Å². The van der Waals surface area contributed by atoms with Crippen LogP contribution in [0.5, 0.6) is 5.75 Å². The van der Waals surface area contributed by atoms with Gasteiger partial charge in [-0.1, -0.05) is 18.2 Å². The second-order valence-corrected chi connectivity index (χ2v) is 10.8. The van der Waals surface area contributed by atoms with Gasteiger partial charge in [-0.25, -0.2) is 4.98 Å². The molecule has 2 amide bonds. The highest BCUT2D eigenvalue weighted by Crippen LogP contribution is 2.33. The number of anilines is 1. The Morgan fingerprint density at radius 2 is 1.60 bits per heavy atom. The highest BCUT2D eigenvalue weighted by Gasteiger charge is 2.32. The van der Waals surface area contributed by atoms with Crippen molar-refractivity contribution in [2.75, 3.05) is 38.1 Å². The van der Waals surface area contributed by atoms with Crippen molar-refractivity contribution in [1.29, 1.82) is 0 Å². The zero-order valence-corrected chi connectivity index (χ0v) is 24.4. The molecular formula is C34H30F3N5O3. The molecule has 6 rings (SSSR count). The van der Waals surface area contributed by atoms with Crippen molar-refractivity contribution in [1.82, 2.24) is 19.6 Å². The zero-order valence-electron chi connectivity index (χ0n) is 24.4. The minimum Gasteiger partial charge on any atom is -0.484 e. The number of carbonyl (C=O) groups excluding carboxylic acids is 2. The zero-order chi connectivity index (χ0) is 31.6. The van der Waals surface area contributed by atoms with Gasteiger partial charge in [-0.05, 0) is 84.3 Å². The van der Waals surface area contributed by atoms with Gasteiger partial charge in [-0.15, -0.1) is 0 Å². The number of alkyl halides is 3. The van der Waals surface area contributed by atoms with Crippen molar-refractivity contribution >= 4 is 23.1 Å². The summed E-state index contributed by atoms with van der Waals surface area (Å²) in [7, 11) is 0. The van der Waals surface area contributed by atoms with Crippen molar-refractivity contribution < 1.29 is 27.5 Å². The molecule has 1 aliphatic rings. The van der Waals surface area contributed by atoms with Gasteiger partial charge in [0.15, 0.2) is 6.61 Å². The summed E-state index contributed by atoms with van der Waals surface area (Å²) in [5.74, 6) is -0.112. The molecule has 5 aromatic rings. The Morgan fingerprint density at radius 1 is 0.911 bits per heavy atom. The fraction of sp³-hybridized carbons (Fsp3) is 0.206. The SMILES string of the molecule is Cc1ccc(NC(=O)COc2ccc(-c3cnc4ccc(-c5ccc(C(=O)N6CCNCC6)cc5)cn34)cc2)cc1C(F)(F)F. The number of piperazine rings is 1. The van der Waals surface area contributed by atoms with E-state index in [0.717, 1.165) is 47.2 Å². The summed E-state index contributed by atoms with van der Waals surface area (Å²) in [5, 5.41) is 5.71. The molecule has 0 bridgehead atoms. The second kappa shape index (κ2) is 12.4. The number of halogens is 3. The summed E-state index contributed by atoms with van der Waals surface area (Å²) >= 11 is 0. The van der Waals surface area contributed by atoms with Crippen LogP contribution in [0.4, 0.5) is 18.9 Å². The van der Waals surface area contributed by atoms with Gasteiger partial charge in [0.1, 0.15) is 11.4 Å². The predicted octanol–water partition coefficient (Wildman–Crippen LogP) is 6.06. The molecule has 0 atom stereocenters. The summed E-state index contributed by atoms with van der Waals surface area (Å²) in [4.78, 5) is 31.6. The number of nitrogens with one attached hydrogen (secondary N) is 2. The number of imidazole rings is 1. The lowest BCUT2D eigenvalue weighted by Gasteiger charge is -2.27. The molecule has 45 heavy (non-hydrogen) atoms. The number of amides is 2. The molecular weight excluding hydrogens is 583 g/mol. The third-order valence-electron chi connectivity index (χ3n) is 7.72. The molecule has 2 aromatic heterocycles. The molecule has 3 aromatic carbocycles. The standard InChI is InChI=1S/C34H30F3N5O3/c1-22-2-10-27(18-29(22)34(35,36)37)40-32(43)21-45-28-11-7-24(8-12-28)30-19-39-31-13-9-26(20-42(30)31)23-3-5-25(6-4-23)33(44)41-16-14-38-15-17-41/h2-13,18-20,38H,14-17,21H2,1H3,(H,40,43). The maximum atomic E-state index is 13.2. The predicted molar refractivity (Wildman–Crippen MR) is 165 cm³/mol. The van der Waals surface area contributed by atoms with Gasteiger partial charge in [0.25, 0.3) is 11.8 Å². The van der Waals surface area contributed by atoms with Gasteiger partial charge < -0.3 is 20.3 Å². The van der Waals surface area contributed by atoms with Crippen LogP contribution in [0, 0.1) is 6.92 Å². The van der Waals surface area contributed by atoms with Crippen LogP contribution in [0.25, 0.3) is 28.0 Å². The Labute approximate surface area is 257 Å². The largest absolute Gasteiger partial charge is 0.484 e. The molecule has 0 radical (unpaired) electrons. The number of hydrogen-bond donors (Lipinski definition) is 2. The van der Waals surface area contributed by atoms with Crippen LogP contribution in [-0.4, -0.2) is 58.9 Å². The van der Waals surface area contributed by atoms with E-state index in [2.05, 4.69) is 15.6 Å². The quantitative estimate of drug-likeness (QED) is 0.233. The fourth-order valence-corrected chi connectivity index (χ4v) is 5.29. The average Bonchev–Trinajstić information content (AvgIpc) is 3.48. The summed E-state index contributed by atoms with van der Waals surface area (Å²) in [6.07, 6.45) is -0.743. The summed E-state index contributed by atoms with van der Waals surface area (Å²) in [6, 6.07) is 22.3. The third-order valence-corrected chi connectivity index (χ3v) is 7.72. The normalized spacial score (nSPS) is 13.6. The lowest BCUT2D eigenvalue weighted by atomic mass is 10.0. The van der Waals surface area contributed by atoms with E-state index in [1.54, 1.807) is 18.3 Å². The molecule has 0 unspecified atom stereocenters. The van der Waals surface area contributed by atoms with E-state index >= 15 is 0 Å². The van der Waals surface area contributed by atoms with E-state index in [4.69, 9.17) is 4.74 Å². The van der Waals surface area contributed by atoms with Gasteiger partial charge in [0.2, 0.25) is 0 Å². The van der Waals surface area contributed by atoms with E-state index in [1.165, 1.54) is 19.1 Å². The van der Waals surface area contributed by atoms with Crippen LogP contribution in [0.15, 0.2) is 91.3 Å². The monoisotopic (exact) mass is 613 g/mol. The Kier molecular flexibility index (Phi) is 8.27. The van der Waals surface area contributed by atoms with E-state index in [1.807, 2.05) is 64.0 Å². The average molecular weight is 614 g/mol. The molecule has 11 heteroatoms. The highest BCUT2D eigenvalue weighted by atomic mass is 19.4. The molecule has 2 N–H and O–H groups in total. The first-order valence-corrected chi connectivity index (χ1v) is 14.4. The van der Waals surface area contributed by atoms with Crippen molar-refractivity contribution in [2.24, 2.45) is 0 Å². The van der Waals surface area contributed by atoms with E-state index < -0.39 is 17.6 Å². The summed E-state index contributed by atoms with van der Waals surface area (Å²) in [6.45, 7) is 4.00. The highest BCUT2D eigenvalue weighted by molar-refractivity contribution is 5.95. The third kappa shape index (κ3) is 6.68. The van der Waals surface area contributed by atoms with Crippen LogP contribution in [0.2, 0.25) is 0 Å². The smallest absolute Gasteiger partial charge is 0.416 e. The number of benzene rings is 3. The van der Waals surface area contributed by atoms with Gasteiger partial charge in [0.05, 0.1) is 17.5 Å². The van der Waals surface area contributed by atoms with Crippen LogP contribution < -0.4 is 15.4 Å². The minimum atomic E-state index is -4.51. The lowest BCUT2D eigenvalue weighted by molar-refractivity contribution is -0.138. The number of aromatic nitrogens is 2. The molecule has 8 nitrogen and oxygen atoms in total. The Morgan fingerprint density at radius 3 is 2.31 bits per heavy atom. The number of aryl methyl sites for hydroxylation is 1. The van der Waals surface area contributed by atoms with E-state index in [9.17, 15) is 22.8 Å². The Bertz CT molecular complexity index is 1840. The molecule has 0 spiro atoms. The molecule has 1 aliphatic heterocycles. The van der Waals surface area contributed by atoms with Gasteiger partial charge in [0, 0.05) is 49.2 Å². The number of carbonyl (C=O) groups is 2. The molecule has 230 valence electrons. The number of nitrogens with zero attached hydrogens (tertiary/aromatic N) is 3. The summed E-state index contributed by atoms with van der Waals surface area (Å²) < 4.78 is 47.1. The Balaban J connectivity index is 1.11. The van der Waals surface area contributed by atoms with Crippen LogP contribution >= 0.6 is 0 Å². The van der Waals surface area contributed by atoms with Gasteiger partial charge >= 0.3 is 6.18 Å². The first-order chi connectivity index (χ1) is 21.7. The minimum absolute atomic E-state index is 0.0363. The van der Waals surface area contributed by atoms with Gasteiger partial charge in [-0.3, -0.25) is 14.0 Å². The van der Waals surface area contributed by atoms with Crippen LogP contribution in [-0.2, 0) is 11.0 Å². The van der Waals surface area contributed by atoms with Crippen molar-refractivity contribution in [3.63, 3.8) is 0 Å². The molecule has 1 saturated heterocycles. The van der Waals surface area contributed by atoms with Gasteiger partial charge in [-0.2, -0.15) is 13.2 Å². The fourth-order valence-electron chi connectivity index (χ4n) is 5.29. The van der Waals surface area contributed by atoms with Crippen molar-refractivity contribution in [2.45, 2.75) is 13.1 Å². The summed E-state index contributed by atoms with van der Waals surface area (Å²) in [5.41, 5.74) is 4.40. The topological polar surface area (TPSA) is 88.0 Å². The van der Waals surface area contributed by atoms with Crippen LogP contribution in [0.3, 0.4) is 0 Å². The first-order valence-electron chi connectivity index (χ1n) is 14.4. The van der Waals surface area contributed by atoms with Crippen molar-refractivity contribution in [3.05, 3.63) is 108 Å². The maximum Gasteiger partial charge on any atom is 0.416 e. The number of fused-ring (bicyclic) bond motifs is 1. The number of pyridine rings is 1. The lowest BCUT2D eigenvalue weighted by Crippen LogP contribution is -2.46. The maximum absolute atomic E-state index is 13.2. The van der Waals surface area contributed by atoms with E-state index in [-0.39, 0.29) is 23.8 Å². The number of ether oxygens (including phenoxy) is 1. The molecule has 3 heterocycles. The first kappa shape index (κ1) is 29.9. The second-order valence-electron chi connectivity index (χ2n) is 10.8. The number of hydrogen-bond acceptors (Lipinski definition) is 5. The number of rotatable bonds is 7. The molecule has 0 saturated carbocycles. The molecule has 0 aliphatic carbocycles.